The molecule has 0 bridgehead atoms. The SMILES string of the molecule is CCN(c1ccccc1)S(=O)(=O)c1ccc(C(=O)N(CCCN2CCOCC2)c2nc3c(F)cccc3s2)cc1. The highest BCUT2D eigenvalue weighted by atomic mass is 32.2. The summed E-state index contributed by atoms with van der Waals surface area (Å²) in [5.41, 5.74) is 1.13. The van der Waals surface area contributed by atoms with E-state index in [2.05, 4.69) is 9.88 Å². The molecule has 1 aliphatic heterocycles. The third-order valence-electron chi connectivity index (χ3n) is 6.81. The molecule has 0 atom stereocenters. The Hall–Kier alpha value is -3.38. The molecule has 1 saturated heterocycles. The largest absolute Gasteiger partial charge is 0.379 e. The number of anilines is 2. The van der Waals surface area contributed by atoms with Crippen molar-refractivity contribution in [2.45, 2.75) is 18.2 Å². The topological polar surface area (TPSA) is 83.1 Å². The number of aromatic nitrogens is 1. The summed E-state index contributed by atoms with van der Waals surface area (Å²) in [7, 11) is -3.83. The smallest absolute Gasteiger partial charge is 0.264 e. The molecule has 0 aliphatic carbocycles. The second kappa shape index (κ2) is 12.4. The van der Waals surface area contributed by atoms with Crippen LogP contribution in [0.5, 0.6) is 0 Å². The van der Waals surface area contributed by atoms with Crippen LogP contribution in [0.1, 0.15) is 23.7 Å². The predicted octanol–water partition coefficient (Wildman–Crippen LogP) is 5.02. The summed E-state index contributed by atoms with van der Waals surface area (Å²) < 4.78 is 48.6. The van der Waals surface area contributed by atoms with Crippen LogP contribution in [0.15, 0.2) is 77.7 Å². The number of fused-ring (bicyclic) bond motifs is 1. The Morgan fingerprint density at radius 2 is 1.75 bits per heavy atom. The molecule has 210 valence electrons. The van der Waals surface area contributed by atoms with Gasteiger partial charge >= 0.3 is 0 Å². The quantitative estimate of drug-likeness (QED) is 0.261. The Labute approximate surface area is 237 Å². The highest BCUT2D eigenvalue weighted by Gasteiger charge is 2.26. The number of rotatable bonds is 10. The van der Waals surface area contributed by atoms with Crippen LogP contribution in [0.25, 0.3) is 10.2 Å². The first-order valence-electron chi connectivity index (χ1n) is 13.2. The molecule has 40 heavy (non-hydrogen) atoms. The molecule has 0 spiro atoms. The zero-order chi connectivity index (χ0) is 28.1. The van der Waals surface area contributed by atoms with Gasteiger partial charge < -0.3 is 4.74 Å². The summed E-state index contributed by atoms with van der Waals surface area (Å²) >= 11 is 1.26. The number of carbonyl (C=O) groups excluding carboxylic acids is 1. The number of amides is 1. The summed E-state index contributed by atoms with van der Waals surface area (Å²) in [5, 5.41) is 0.407. The number of hydrogen-bond acceptors (Lipinski definition) is 7. The van der Waals surface area contributed by atoms with Crippen molar-refractivity contribution < 1.29 is 22.3 Å². The van der Waals surface area contributed by atoms with Crippen LogP contribution in [0.3, 0.4) is 0 Å². The van der Waals surface area contributed by atoms with Crippen LogP contribution in [0, 0.1) is 5.82 Å². The molecular weight excluding hydrogens is 551 g/mol. The van der Waals surface area contributed by atoms with Crippen molar-refractivity contribution in [3.8, 4) is 0 Å². The van der Waals surface area contributed by atoms with E-state index >= 15 is 0 Å². The molecule has 0 radical (unpaired) electrons. The second-order valence-corrected chi connectivity index (χ2v) is 12.2. The van der Waals surface area contributed by atoms with Crippen LogP contribution < -0.4 is 9.21 Å². The first kappa shape index (κ1) is 28.2. The van der Waals surface area contributed by atoms with E-state index in [1.54, 1.807) is 48.2 Å². The highest BCUT2D eigenvalue weighted by Crippen LogP contribution is 2.32. The maximum atomic E-state index is 14.4. The van der Waals surface area contributed by atoms with Crippen molar-refractivity contribution in [2.24, 2.45) is 0 Å². The molecule has 1 aliphatic rings. The predicted molar refractivity (Wildman–Crippen MR) is 156 cm³/mol. The van der Waals surface area contributed by atoms with Gasteiger partial charge in [0.15, 0.2) is 5.13 Å². The molecule has 8 nitrogen and oxygen atoms in total. The number of morpholine rings is 1. The molecule has 0 N–H and O–H groups in total. The standard InChI is InChI=1S/C29H31FN4O4S2/c1-2-34(23-8-4-3-5-9-23)40(36,37)24-14-12-22(13-15-24)28(35)33(17-7-16-32-18-20-38-21-19-32)29-31-27-25(30)10-6-11-26(27)39-29/h3-6,8-15H,2,7,16-21H2,1H3. The molecule has 0 saturated carbocycles. The average Bonchev–Trinajstić information content (AvgIpc) is 3.42. The van der Waals surface area contributed by atoms with Gasteiger partial charge in [0.2, 0.25) is 0 Å². The van der Waals surface area contributed by atoms with Crippen molar-refractivity contribution in [3.63, 3.8) is 0 Å². The molecule has 1 aromatic heterocycles. The van der Waals surface area contributed by atoms with E-state index < -0.39 is 15.8 Å². The van der Waals surface area contributed by atoms with Gasteiger partial charge in [-0.25, -0.2) is 17.8 Å². The second-order valence-electron chi connectivity index (χ2n) is 9.38. The third-order valence-corrected chi connectivity index (χ3v) is 9.78. The Balaban J connectivity index is 1.40. The lowest BCUT2D eigenvalue weighted by atomic mass is 10.2. The van der Waals surface area contributed by atoms with Gasteiger partial charge in [0.1, 0.15) is 11.3 Å². The number of benzene rings is 3. The van der Waals surface area contributed by atoms with Crippen LogP contribution in [0.4, 0.5) is 15.2 Å². The van der Waals surface area contributed by atoms with Crippen molar-refractivity contribution in [3.05, 3.63) is 84.2 Å². The van der Waals surface area contributed by atoms with Crippen molar-refractivity contribution in [1.29, 1.82) is 0 Å². The monoisotopic (exact) mass is 582 g/mol. The molecule has 3 aromatic carbocycles. The van der Waals surface area contributed by atoms with Gasteiger partial charge in [-0.1, -0.05) is 35.6 Å². The molecule has 11 heteroatoms. The van der Waals surface area contributed by atoms with Crippen molar-refractivity contribution >= 4 is 48.3 Å². The minimum atomic E-state index is -3.83. The Morgan fingerprint density at radius 1 is 1.02 bits per heavy atom. The van der Waals surface area contributed by atoms with Gasteiger partial charge in [-0.15, -0.1) is 0 Å². The molecule has 0 unspecified atom stereocenters. The maximum absolute atomic E-state index is 14.4. The number of carbonyl (C=O) groups is 1. The van der Waals surface area contributed by atoms with Crippen LogP contribution in [-0.4, -0.2) is 70.1 Å². The number of halogens is 1. The first-order chi connectivity index (χ1) is 19.4. The van der Waals surface area contributed by atoms with Gasteiger partial charge in [-0.3, -0.25) is 18.9 Å². The van der Waals surface area contributed by atoms with E-state index in [0.717, 1.165) is 19.6 Å². The van der Waals surface area contributed by atoms with E-state index in [4.69, 9.17) is 4.74 Å². The molecule has 1 fully saturated rings. The zero-order valence-corrected chi connectivity index (χ0v) is 23.8. The summed E-state index contributed by atoms with van der Waals surface area (Å²) in [5.74, 6) is -0.755. The number of thiazole rings is 1. The highest BCUT2D eigenvalue weighted by molar-refractivity contribution is 7.92. The minimum Gasteiger partial charge on any atom is -0.379 e. The number of ether oxygens (including phenoxy) is 1. The zero-order valence-electron chi connectivity index (χ0n) is 22.2. The molecule has 2 heterocycles. The number of para-hydroxylation sites is 2. The van der Waals surface area contributed by atoms with Gasteiger partial charge in [0, 0.05) is 38.3 Å². The minimum absolute atomic E-state index is 0.0932. The summed E-state index contributed by atoms with van der Waals surface area (Å²) in [4.78, 5) is 22.2. The third kappa shape index (κ3) is 6.02. The molecule has 4 aromatic rings. The Kier molecular flexibility index (Phi) is 8.75. The lowest BCUT2D eigenvalue weighted by molar-refractivity contribution is 0.0376. The number of sulfonamides is 1. The fraction of sp³-hybridized carbons (Fsp3) is 0.310. The Morgan fingerprint density at radius 3 is 2.42 bits per heavy atom. The van der Waals surface area contributed by atoms with E-state index in [0.29, 0.717) is 47.3 Å². The fourth-order valence-corrected chi connectivity index (χ4v) is 7.20. The summed E-state index contributed by atoms with van der Waals surface area (Å²) in [6, 6.07) is 19.6. The van der Waals surface area contributed by atoms with Gasteiger partial charge in [-0.05, 0) is 61.9 Å². The average molecular weight is 583 g/mol. The van der Waals surface area contributed by atoms with Gasteiger partial charge in [0.25, 0.3) is 15.9 Å². The van der Waals surface area contributed by atoms with Gasteiger partial charge in [0.05, 0.1) is 28.5 Å². The first-order valence-corrected chi connectivity index (χ1v) is 15.5. The summed E-state index contributed by atoms with van der Waals surface area (Å²) in [6.07, 6.45) is 0.694. The number of hydrogen-bond donors (Lipinski definition) is 0. The summed E-state index contributed by atoms with van der Waals surface area (Å²) in [6.45, 7) is 6.27. The number of nitrogens with zero attached hydrogens (tertiary/aromatic N) is 4. The van der Waals surface area contributed by atoms with Crippen molar-refractivity contribution in [2.75, 3.05) is 55.1 Å². The van der Waals surface area contributed by atoms with Crippen LogP contribution in [-0.2, 0) is 14.8 Å². The van der Waals surface area contributed by atoms with Crippen LogP contribution >= 0.6 is 11.3 Å². The van der Waals surface area contributed by atoms with E-state index in [1.807, 2.05) is 6.07 Å². The Bertz CT molecular complexity index is 1560. The molecular formula is C29H31FN4O4S2. The normalized spacial score (nSPS) is 14.3. The van der Waals surface area contributed by atoms with E-state index in [9.17, 15) is 17.6 Å². The van der Waals surface area contributed by atoms with E-state index in [1.165, 1.54) is 46.0 Å². The lowest BCUT2D eigenvalue weighted by Crippen LogP contribution is -2.39. The fourth-order valence-electron chi connectivity index (χ4n) is 4.72. The maximum Gasteiger partial charge on any atom is 0.264 e. The van der Waals surface area contributed by atoms with Crippen LogP contribution in [0.2, 0.25) is 0 Å². The van der Waals surface area contributed by atoms with Crippen molar-refractivity contribution in [1.82, 2.24) is 9.88 Å². The van der Waals surface area contributed by atoms with E-state index in [-0.39, 0.29) is 22.9 Å². The molecule has 5 rings (SSSR count). The molecule has 1 amide bonds. The lowest BCUT2D eigenvalue weighted by Gasteiger charge is -2.27. The van der Waals surface area contributed by atoms with Gasteiger partial charge in [-0.2, -0.15) is 0 Å².